The summed E-state index contributed by atoms with van der Waals surface area (Å²) >= 11 is 0. The standard InChI is InChI=1S/C21H28O6/c1-19-5-3-11(23)7-14(19)15(24)8-12-13-4-6-21(27,17(26)10-22)20(13,2)9-16(25)18(12)19/h7,12-13,15,18,22,24,27H,3-6,8-10H2,1-2H3/t12-,13-,15+,18+,19-,20-,21-/m0/s1/i3D2,9D2,10D2,18D. The molecule has 0 aromatic heterocycles. The van der Waals surface area contributed by atoms with Crippen molar-refractivity contribution in [1.29, 1.82) is 0 Å². The third-order valence-corrected chi connectivity index (χ3v) is 7.34. The predicted octanol–water partition coefficient (Wildman–Crippen LogP) is 0.961. The molecule has 0 spiro atoms. The van der Waals surface area contributed by atoms with Crippen molar-refractivity contribution in [3.63, 3.8) is 0 Å². The number of fused-ring (bicyclic) bond motifs is 5. The zero-order chi connectivity index (χ0) is 26.1. The maximum Gasteiger partial charge on any atom is 0.190 e. The lowest BCUT2D eigenvalue weighted by Gasteiger charge is -2.58. The lowest BCUT2D eigenvalue weighted by molar-refractivity contribution is -0.172. The van der Waals surface area contributed by atoms with Gasteiger partial charge in [0.15, 0.2) is 11.6 Å². The second-order valence-corrected chi connectivity index (χ2v) is 8.52. The molecule has 148 valence electrons. The number of Topliss-reactive ketones (excluding diaryl/α,β-unsaturated/α-hetero) is 2. The summed E-state index contributed by atoms with van der Waals surface area (Å²) in [6.07, 6.45) is -7.42. The molecule has 7 atom stereocenters. The maximum absolute atomic E-state index is 13.9. The first-order valence-corrected chi connectivity index (χ1v) is 9.13. The van der Waals surface area contributed by atoms with Gasteiger partial charge in [-0.3, -0.25) is 14.4 Å². The van der Waals surface area contributed by atoms with Crippen molar-refractivity contribution in [2.45, 2.75) is 64.0 Å². The van der Waals surface area contributed by atoms with Crippen molar-refractivity contribution in [3.05, 3.63) is 11.6 Å². The average Bonchev–Trinajstić information content (AvgIpc) is 2.97. The number of rotatable bonds is 2. The van der Waals surface area contributed by atoms with Gasteiger partial charge < -0.3 is 15.3 Å². The van der Waals surface area contributed by atoms with E-state index in [1.54, 1.807) is 0 Å². The molecule has 27 heavy (non-hydrogen) atoms. The number of aliphatic hydroxyl groups is 3. The Morgan fingerprint density at radius 1 is 1.41 bits per heavy atom. The van der Waals surface area contributed by atoms with Gasteiger partial charge in [-0.1, -0.05) is 13.8 Å². The summed E-state index contributed by atoms with van der Waals surface area (Å²) < 4.78 is 58.0. The molecule has 4 aliphatic carbocycles. The lowest BCUT2D eigenvalue weighted by Crippen LogP contribution is -2.62. The van der Waals surface area contributed by atoms with Crippen LogP contribution in [0.3, 0.4) is 0 Å². The van der Waals surface area contributed by atoms with Crippen LogP contribution < -0.4 is 0 Å². The molecule has 0 heterocycles. The molecule has 0 aromatic carbocycles. The van der Waals surface area contributed by atoms with Gasteiger partial charge in [-0.25, -0.2) is 0 Å². The van der Waals surface area contributed by atoms with Crippen LogP contribution in [0.5, 0.6) is 0 Å². The van der Waals surface area contributed by atoms with Gasteiger partial charge in [0.2, 0.25) is 0 Å². The second kappa shape index (κ2) is 5.82. The summed E-state index contributed by atoms with van der Waals surface area (Å²) in [4.78, 5) is 39.0. The van der Waals surface area contributed by atoms with Gasteiger partial charge in [-0.15, -0.1) is 0 Å². The predicted molar refractivity (Wildman–Crippen MR) is 95.5 cm³/mol. The van der Waals surface area contributed by atoms with E-state index >= 15 is 0 Å². The molecule has 3 N–H and O–H groups in total. The molecule has 3 fully saturated rings. The maximum atomic E-state index is 13.9. The van der Waals surface area contributed by atoms with Gasteiger partial charge in [-0.2, -0.15) is 0 Å². The van der Waals surface area contributed by atoms with E-state index in [9.17, 15) is 31.1 Å². The SMILES string of the molecule is [2H]C([2H])(O)C(=O)[C@@]1(O)CC[C@H]2[C@@H]3C[C@@H](O)C4=CC(=O)C([2H])([2H])C[C@]4(C)[C@@]3([2H])C(=O)C([2H])([2H])[C@@]21C. The van der Waals surface area contributed by atoms with Crippen LogP contribution in [0.15, 0.2) is 11.6 Å². The Morgan fingerprint density at radius 2 is 2.11 bits per heavy atom. The van der Waals surface area contributed by atoms with E-state index in [0.29, 0.717) is 0 Å². The normalized spacial score (nSPS) is 60.0. The van der Waals surface area contributed by atoms with Crippen molar-refractivity contribution in [2.24, 2.45) is 28.6 Å². The monoisotopic (exact) mass is 383 g/mol. The van der Waals surface area contributed by atoms with Crippen LogP contribution in [-0.4, -0.2) is 50.9 Å². The number of hydrogen-bond donors (Lipinski definition) is 3. The van der Waals surface area contributed by atoms with Crippen molar-refractivity contribution < 1.29 is 39.3 Å². The summed E-state index contributed by atoms with van der Waals surface area (Å²) in [5, 5.41) is 32.0. The number of carbonyl (C=O) groups excluding carboxylic acids is 3. The van der Waals surface area contributed by atoms with Gasteiger partial charge in [0.25, 0.3) is 0 Å². The number of aliphatic hydroxyl groups excluding tert-OH is 1. The molecule has 0 unspecified atom stereocenters. The third-order valence-electron chi connectivity index (χ3n) is 7.34. The van der Waals surface area contributed by atoms with Gasteiger partial charge in [-0.05, 0) is 49.2 Å². The molecule has 3 saturated carbocycles. The largest absolute Gasteiger partial charge is 0.389 e. The first-order chi connectivity index (χ1) is 15.1. The summed E-state index contributed by atoms with van der Waals surface area (Å²) in [6, 6.07) is 0. The van der Waals surface area contributed by atoms with Gasteiger partial charge >= 0.3 is 0 Å². The van der Waals surface area contributed by atoms with E-state index in [2.05, 4.69) is 0 Å². The van der Waals surface area contributed by atoms with Crippen LogP contribution in [-0.2, 0) is 14.4 Å². The second-order valence-electron chi connectivity index (χ2n) is 8.52. The first kappa shape index (κ1) is 12.2. The fraction of sp³-hybridized carbons (Fsp3) is 0.762. The zero-order valence-corrected chi connectivity index (χ0v) is 15.2. The molecule has 6 nitrogen and oxygen atoms in total. The average molecular weight is 383 g/mol. The quantitative estimate of drug-likeness (QED) is 0.655. The topological polar surface area (TPSA) is 112 Å². The Labute approximate surface area is 168 Å². The summed E-state index contributed by atoms with van der Waals surface area (Å²) in [7, 11) is 0. The Morgan fingerprint density at radius 3 is 2.78 bits per heavy atom. The van der Waals surface area contributed by atoms with E-state index in [0.717, 1.165) is 13.0 Å². The lowest BCUT2D eigenvalue weighted by atomic mass is 9.45. The van der Waals surface area contributed by atoms with Crippen molar-refractivity contribution in [3.8, 4) is 0 Å². The zero-order valence-electron chi connectivity index (χ0n) is 22.2. The Kier molecular flexibility index (Phi) is 2.64. The molecule has 0 saturated heterocycles. The van der Waals surface area contributed by atoms with Crippen LogP contribution in [0.4, 0.5) is 0 Å². The van der Waals surface area contributed by atoms with Crippen LogP contribution >= 0.6 is 0 Å². The smallest absolute Gasteiger partial charge is 0.190 e. The summed E-state index contributed by atoms with van der Waals surface area (Å²) in [5.74, 6) is -8.47. The van der Waals surface area contributed by atoms with Crippen LogP contribution in [0.2, 0.25) is 0 Å². The molecule has 0 aromatic rings. The molecular weight excluding hydrogens is 348 g/mol. The van der Waals surface area contributed by atoms with Gasteiger partial charge in [0.05, 0.1) is 8.85 Å². The molecule has 0 radical (unpaired) electrons. The number of ketones is 3. The minimum Gasteiger partial charge on any atom is -0.389 e. The minimum atomic E-state index is -3.50. The molecule has 4 rings (SSSR count). The molecule has 0 amide bonds. The van der Waals surface area contributed by atoms with Crippen LogP contribution in [0, 0.1) is 28.6 Å². The fourth-order valence-corrected chi connectivity index (χ4v) is 5.88. The van der Waals surface area contributed by atoms with Gasteiger partial charge in [0.1, 0.15) is 17.9 Å². The van der Waals surface area contributed by atoms with Crippen molar-refractivity contribution in [1.82, 2.24) is 0 Å². The van der Waals surface area contributed by atoms with Gasteiger partial charge in [0, 0.05) is 36.3 Å². The summed E-state index contributed by atoms with van der Waals surface area (Å²) in [5.41, 5.74) is -6.77. The Hall–Kier alpha value is -1.37. The van der Waals surface area contributed by atoms with E-state index < -0.39 is 89.8 Å². The number of carbonyl (C=O) groups is 3. The highest BCUT2D eigenvalue weighted by molar-refractivity contribution is 5.94. The molecule has 6 heteroatoms. The highest BCUT2D eigenvalue weighted by Gasteiger charge is 2.69. The Balaban J connectivity index is 1.96. The molecule has 0 bridgehead atoms. The number of hydrogen-bond acceptors (Lipinski definition) is 6. The van der Waals surface area contributed by atoms with E-state index in [-0.39, 0.29) is 18.4 Å². The van der Waals surface area contributed by atoms with E-state index in [1.165, 1.54) is 6.92 Å². The highest BCUT2D eigenvalue weighted by atomic mass is 16.3. The molecule has 4 aliphatic rings. The van der Waals surface area contributed by atoms with Crippen LogP contribution in [0.25, 0.3) is 0 Å². The molecule has 0 aliphatic heterocycles. The summed E-state index contributed by atoms with van der Waals surface area (Å²) in [6.45, 7) is -1.01. The van der Waals surface area contributed by atoms with Crippen molar-refractivity contribution >= 4 is 17.3 Å². The van der Waals surface area contributed by atoms with Crippen molar-refractivity contribution in [2.75, 3.05) is 6.56 Å². The van der Waals surface area contributed by atoms with Crippen LogP contribution in [0.1, 0.15) is 61.9 Å². The Bertz CT molecular complexity index is 1040. The van der Waals surface area contributed by atoms with E-state index in [4.69, 9.17) is 8.22 Å². The molecular formula is C21H28O6. The highest BCUT2D eigenvalue weighted by Crippen LogP contribution is 2.66. The fourth-order valence-electron chi connectivity index (χ4n) is 5.88. The van der Waals surface area contributed by atoms with E-state index in [1.807, 2.05) is 0 Å². The minimum absolute atomic E-state index is 0.0114. The third kappa shape index (κ3) is 2.26. The first-order valence-electron chi connectivity index (χ1n) is 12.6.